The van der Waals surface area contributed by atoms with Gasteiger partial charge in [0, 0.05) is 18.7 Å². The topological polar surface area (TPSA) is 59.1 Å². The molecule has 2 saturated heterocycles. The van der Waals surface area contributed by atoms with Crippen LogP contribution in [-0.4, -0.2) is 49.6 Å². The van der Waals surface area contributed by atoms with Crippen LogP contribution in [0, 0.1) is 5.82 Å². The molecular weight excluding hydrogens is 375 g/mol. The molecule has 4 rings (SSSR count). The number of likely N-dealkylation sites (tertiary alicyclic amines) is 1. The molecule has 0 unspecified atom stereocenters. The third-order valence-electron chi connectivity index (χ3n) is 5.36. The van der Waals surface area contributed by atoms with Crippen molar-refractivity contribution in [1.29, 1.82) is 0 Å². The number of rotatable bonds is 5. The molecule has 0 spiro atoms. The highest BCUT2D eigenvalue weighted by Crippen LogP contribution is 2.41. The van der Waals surface area contributed by atoms with Crippen LogP contribution in [0.3, 0.4) is 0 Å². The van der Waals surface area contributed by atoms with E-state index >= 15 is 0 Å². The van der Waals surface area contributed by atoms with Gasteiger partial charge in [-0.1, -0.05) is 12.1 Å². The maximum absolute atomic E-state index is 13.3. The fraction of sp³-hybridized carbons (Fsp3) is 0.273. The van der Waals surface area contributed by atoms with E-state index in [1.807, 2.05) is 0 Å². The molecule has 7 heteroatoms. The maximum Gasteiger partial charge on any atom is 0.250 e. The highest BCUT2D eigenvalue weighted by molar-refractivity contribution is 6.06. The van der Waals surface area contributed by atoms with Crippen molar-refractivity contribution in [2.45, 2.75) is 18.5 Å². The minimum atomic E-state index is -0.513. The number of carbonyl (C=O) groups is 2. The van der Waals surface area contributed by atoms with Crippen LogP contribution in [0.25, 0.3) is 6.08 Å². The van der Waals surface area contributed by atoms with E-state index in [-0.39, 0.29) is 23.7 Å². The molecule has 29 heavy (non-hydrogen) atoms. The number of hydrogen-bond acceptors (Lipinski definition) is 4. The number of anilines is 1. The zero-order chi connectivity index (χ0) is 20.5. The van der Waals surface area contributed by atoms with Gasteiger partial charge in [-0.15, -0.1) is 0 Å². The van der Waals surface area contributed by atoms with Gasteiger partial charge < -0.3 is 19.3 Å². The predicted octanol–water partition coefficient (Wildman–Crippen LogP) is 2.87. The second-order valence-corrected chi connectivity index (χ2v) is 7.03. The molecule has 2 aliphatic rings. The molecular formula is C22H21FN2O4. The Bertz CT molecular complexity index is 991. The molecule has 0 aromatic heterocycles. The van der Waals surface area contributed by atoms with Crippen LogP contribution in [0.15, 0.2) is 48.5 Å². The van der Waals surface area contributed by atoms with E-state index in [9.17, 15) is 14.0 Å². The Balaban J connectivity index is 1.52. The smallest absolute Gasteiger partial charge is 0.250 e. The first-order chi connectivity index (χ1) is 14.0. The van der Waals surface area contributed by atoms with E-state index in [2.05, 4.69) is 0 Å². The quantitative estimate of drug-likeness (QED) is 0.730. The van der Waals surface area contributed by atoms with Gasteiger partial charge in [-0.05, 0) is 42.3 Å². The summed E-state index contributed by atoms with van der Waals surface area (Å²) in [7, 11) is 3.12. The Morgan fingerprint density at radius 2 is 2.00 bits per heavy atom. The number of halogens is 1. The third kappa shape index (κ3) is 3.44. The molecule has 0 N–H and O–H groups in total. The highest BCUT2D eigenvalue weighted by Gasteiger charge is 2.52. The van der Waals surface area contributed by atoms with Gasteiger partial charge >= 0.3 is 0 Å². The predicted molar refractivity (Wildman–Crippen MR) is 106 cm³/mol. The standard InChI is InChI=1S/C22H21FN2O4/c1-28-17-7-8-20(29-2)18(12-17)25-16-11-19(22(25)27)24(13-16)21(26)9-6-14-4-3-5-15(23)10-14/h3-10,12,16,19H,11,13H2,1-2H3/t16-,19-/m0/s1. The number of benzene rings is 2. The van der Waals surface area contributed by atoms with Crippen LogP contribution >= 0.6 is 0 Å². The summed E-state index contributed by atoms with van der Waals surface area (Å²) in [4.78, 5) is 28.9. The van der Waals surface area contributed by atoms with Gasteiger partial charge in [-0.3, -0.25) is 9.59 Å². The highest BCUT2D eigenvalue weighted by atomic mass is 19.1. The fourth-order valence-corrected chi connectivity index (χ4v) is 3.99. The average Bonchev–Trinajstić information content (AvgIpc) is 3.30. The number of amides is 2. The molecule has 2 heterocycles. The van der Waals surface area contributed by atoms with Gasteiger partial charge in [0.25, 0.3) is 0 Å². The number of hydrogen-bond donors (Lipinski definition) is 0. The summed E-state index contributed by atoms with van der Waals surface area (Å²) in [6.45, 7) is 0.434. The lowest BCUT2D eigenvalue weighted by molar-refractivity contribution is -0.134. The minimum absolute atomic E-state index is 0.125. The van der Waals surface area contributed by atoms with Crippen LogP contribution < -0.4 is 14.4 Å². The summed E-state index contributed by atoms with van der Waals surface area (Å²) in [6, 6.07) is 10.7. The van der Waals surface area contributed by atoms with Gasteiger partial charge in [-0.2, -0.15) is 0 Å². The second kappa shape index (κ2) is 7.58. The van der Waals surface area contributed by atoms with Crippen LogP contribution in [0.4, 0.5) is 10.1 Å². The summed E-state index contributed by atoms with van der Waals surface area (Å²) < 4.78 is 24.0. The van der Waals surface area contributed by atoms with Crippen molar-refractivity contribution in [1.82, 2.24) is 4.90 Å². The van der Waals surface area contributed by atoms with Crippen molar-refractivity contribution in [3.05, 3.63) is 59.9 Å². The summed E-state index contributed by atoms with van der Waals surface area (Å²) in [6.07, 6.45) is 3.52. The van der Waals surface area contributed by atoms with Gasteiger partial charge in [0.2, 0.25) is 11.8 Å². The van der Waals surface area contributed by atoms with E-state index in [1.54, 1.807) is 60.4 Å². The molecule has 2 aromatic rings. The molecule has 2 bridgehead atoms. The molecule has 0 aliphatic carbocycles. The van der Waals surface area contributed by atoms with Crippen molar-refractivity contribution in [2.75, 3.05) is 25.7 Å². The van der Waals surface area contributed by atoms with E-state index in [0.717, 1.165) is 0 Å². The summed E-state index contributed by atoms with van der Waals surface area (Å²) >= 11 is 0. The Morgan fingerprint density at radius 1 is 1.17 bits per heavy atom. The molecule has 2 aromatic carbocycles. The SMILES string of the molecule is COc1ccc(OC)c(N2C(=O)[C@@H]3C[C@H]2CN3C(=O)C=Cc2cccc(F)c2)c1. The van der Waals surface area contributed by atoms with Gasteiger partial charge in [0.1, 0.15) is 23.4 Å². The van der Waals surface area contributed by atoms with Gasteiger partial charge in [0.15, 0.2) is 0 Å². The van der Waals surface area contributed by atoms with Gasteiger partial charge in [-0.25, -0.2) is 4.39 Å². The Labute approximate surface area is 168 Å². The second-order valence-electron chi connectivity index (χ2n) is 7.03. The lowest BCUT2D eigenvalue weighted by Gasteiger charge is -2.34. The normalized spacial score (nSPS) is 20.6. The first kappa shape index (κ1) is 19.0. The van der Waals surface area contributed by atoms with Crippen molar-refractivity contribution in [3.8, 4) is 11.5 Å². The number of fused-ring (bicyclic) bond motifs is 2. The molecule has 2 amide bonds. The van der Waals surface area contributed by atoms with Crippen LogP contribution in [0.2, 0.25) is 0 Å². The monoisotopic (exact) mass is 396 g/mol. The third-order valence-corrected chi connectivity index (χ3v) is 5.36. The van der Waals surface area contributed by atoms with Gasteiger partial charge in [0.05, 0.1) is 25.9 Å². The first-order valence-corrected chi connectivity index (χ1v) is 9.31. The fourth-order valence-electron chi connectivity index (χ4n) is 3.99. The Hall–Kier alpha value is -3.35. The Kier molecular flexibility index (Phi) is 4.96. The zero-order valence-corrected chi connectivity index (χ0v) is 16.2. The molecule has 6 nitrogen and oxygen atoms in total. The zero-order valence-electron chi connectivity index (χ0n) is 16.2. The van der Waals surface area contributed by atoms with E-state index in [0.29, 0.717) is 35.7 Å². The van der Waals surface area contributed by atoms with E-state index in [1.165, 1.54) is 18.2 Å². The Morgan fingerprint density at radius 3 is 2.69 bits per heavy atom. The number of methoxy groups -OCH3 is 2. The van der Waals surface area contributed by atoms with Crippen molar-refractivity contribution in [3.63, 3.8) is 0 Å². The molecule has 2 fully saturated rings. The van der Waals surface area contributed by atoms with E-state index in [4.69, 9.17) is 9.47 Å². The maximum atomic E-state index is 13.3. The number of nitrogens with zero attached hydrogens (tertiary/aromatic N) is 2. The molecule has 0 radical (unpaired) electrons. The minimum Gasteiger partial charge on any atom is -0.497 e. The summed E-state index contributed by atoms with van der Waals surface area (Å²) in [5, 5.41) is 0. The largest absolute Gasteiger partial charge is 0.497 e. The van der Waals surface area contributed by atoms with Crippen LogP contribution in [0.5, 0.6) is 11.5 Å². The van der Waals surface area contributed by atoms with Crippen molar-refractivity contribution in [2.24, 2.45) is 0 Å². The van der Waals surface area contributed by atoms with E-state index < -0.39 is 6.04 Å². The number of carbonyl (C=O) groups excluding carboxylic acids is 2. The molecule has 2 aliphatic heterocycles. The molecule has 150 valence electrons. The average molecular weight is 396 g/mol. The lowest BCUT2D eigenvalue weighted by Crippen LogP contribution is -2.52. The summed E-state index contributed by atoms with van der Waals surface area (Å²) in [5.41, 5.74) is 1.24. The molecule has 2 atom stereocenters. The van der Waals surface area contributed by atoms with Crippen molar-refractivity contribution >= 4 is 23.6 Å². The molecule has 0 saturated carbocycles. The summed E-state index contributed by atoms with van der Waals surface area (Å²) in [5.74, 6) is 0.448. The van der Waals surface area contributed by atoms with Crippen molar-refractivity contribution < 1.29 is 23.5 Å². The van der Waals surface area contributed by atoms with Crippen LogP contribution in [-0.2, 0) is 9.59 Å². The van der Waals surface area contributed by atoms with Crippen LogP contribution in [0.1, 0.15) is 12.0 Å². The number of ether oxygens (including phenoxy) is 2. The first-order valence-electron chi connectivity index (χ1n) is 9.31. The number of piperazine rings is 1. The lowest BCUT2D eigenvalue weighted by atomic mass is 10.2.